The van der Waals surface area contributed by atoms with E-state index in [1.165, 1.54) is 0 Å². The minimum atomic E-state index is -0.242. The van der Waals surface area contributed by atoms with E-state index in [4.69, 9.17) is 11.5 Å². The van der Waals surface area contributed by atoms with E-state index in [1.807, 2.05) is 4.90 Å². The van der Waals surface area contributed by atoms with Crippen LogP contribution in [0.15, 0.2) is 12.4 Å². The van der Waals surface area contributed by atoms with Gasteiger partial charge in [-0.05, 0) is 12.8 Å². The Morgan fingerprint density at radius 2 is 2.18 bits per heavy atom. The van der Waals surface area contributed by atoms with Gasteiger partial charge in [0.2, 0.25) is 11.9 Å². The molecule has 1 fully saturated rings. The third-order valence-corrected chi connectivity index (χ3v) is 3.03. The largest absolute Gasteiger partial charge is 0.369 e. The molecule has 1 atom stereocenters. The summed E-state index contributed by atoms with van der Waals surface area (Å²) >= 11 is 0. The highest BCUT2D eigenvalue weighted by Gasteiger charge is 2.25. The van der Waals surface area contributed by atoms with Crippen LogP contribution in [0.25, 0.3) is 0 Å². The Hall–Kier alpha value is -1.69. The number of nitrogens with zero attached hydrogens (tertiary/aromatic N) is 3. The number of rotatable bonds is 3. The fraction of sp³-hybridized carbons (Fsp3) is 0.545. The molecular formula is C11H17N5O. The van der Waals surface area contributed by atoms with Gasteiger partial charge in [0.15, 0.2) is 0 Å². The van der Waals surface area contributed by atoms with Crippen molar-refractivity contribution in [3.63, 3.8) is 0 Å². The molecule has 0 radical (unpaired) electrons. The fourth-order valence-electron chi connectivity index (χ4n) is 2.01. The van der Waals surface area contributed by atoms with Crippen molar-refractivity contribution in [3.8, 4) is 0 Å². The summed E-state index contributed by atoms with van der Waals surface area (Å²) in [6.07, 6.45) is 5.23. The summed E-state index contributed by atoms with van der Waals surface area (Å²) in [5.74, 6) is 0.308. The number of amides is 1. The van der Waals surface area contributed by atoms with Crippen LogP contribution >= 0.6 is 0 Å². The Kier molecular flexibility index (Phi) is 3.53. The van der Waals surface area contributed by atoms with Crippen LogP contribution < -0.4 is 16.4 Å². The number of hydrogen-bond donors (Lipinski definition) is 2. The van der Waals surface area contributed by atoms with Gasteiger partial charge in [-0.25, -0.2) is 9.97 Å². The molecule has 0 aromatic carbocycles. The molecule has 0 aliphatic carbocycles. The third-order valence-electron chi connectivity index (χ3n) is 3.03. The predicted molar refractivity (Wildman–Crippen MR) is 64.1 cm³/mol. The Morgan fingerprint density at radius 1 is 1.47 bits per heavy atom. The lowest BCUT2D eigenvalue weighted by Gasteiger charge is -2.31. The second-order valence-electron chi connectivity index (χ2n) is 4.28. The molecule has 2 rings (SSSR count). The molecule has 1 unspecified atom stereocenters. The van der Waals surface area contributed by atoms with Crippen LogP contribution in [0.5, 0.6) is 0 Å². The number of nitrogens with two attached hydrogens (primary N) is 2. The standard InChI is InChI=1S/C11H17N5O/c12-4-8-5-14-11(15-6-8)16-3-1-2-9(7-16)10(13)17/h5-6,9H,1-4,7,12H2,(H2,13,17). The highest BCUT2D eigenvalue weighted by molar-refractivity contribution is 5.77. The number of primary amides is 1. The lowest BCUT2D eigenvalue weighted by atomic mass is 9.98. The first-order valence-electron chi connectivity index (χ1n) is 5.76. The molecule has 1 amide bonds. The zero-order chi connectivity index (χ0) is 12.3. The average Bonchev–Trinajstić information content (AvgIpc) is 2.39. The maximum Gasteiger partial charge on any atom is 0.225 e. The van der Waals surface area contributed by atoms with Crippen LogP contribution in [0, 0.1) is 5.92 Å². The first-order valence-corrected chi connectivity index (χ1v) is 5.76. The van der Waals surface area contributed by atoms with Crippen molar-refractivity contribution in [3.05, 3.63) is 18.0 Å². The van der Waals surface area contributed by atoms with Crippen molar-refractivity contribution >= 4 is 11.9 Å². The third kappa shape index (κ3) is 2.71. The monoisotopic (exact) mass is 235 g/mol. The lowest BCUT2D eigenvalue weighted by molar-refractivity contribution is -0.122. The van der Waals surface area contributed by atoms with Crippen molar-refractivity contribution in [2.45, 2.75) is 19.4 Å². The first kappa shape index (κ1) is 11.8. The summed E-state index contributed by atoms with van der Waals surface area (Å²) < 4.78 is 0. The summed E-state index contributed by atoms with van der Waals surface area (Å²) in [7, 11) is 0. The smallest absolute Gasteiger partial charge is 0.225 e. The zero-order valence-electron chi connectivity index (χ0n) is 9.67. The van der Waals surface area contributed by atoms with Crippen molar-refractivity contribution < 1.29 is 4.79 Å². The molecule has 17 heavy (non-hydrogen) atoms. The van der Waals surface area contributed by atoms with Crippen LogP contribution in [0.4, 0.5) is 5.95 Å². The molecule has 4 N–H and O–H groups in total. The van der Waals surface area contributed by atoms with Crippen LogP contribution in [-0.2, 0) is 11.3 Å². The Bertz CT molecular complexity index is 391. The van der Waals surface area contributed by atoms with Crippen LogP contribution in [-0.4, -0.2) is 29.0 Å². The number of carbonyl (C=O) groups is 1. The molecule has 1 aliphatic rings. The summed E-state index contributed by atoms with van der Waals surface area (Å²) in [4.78, 5) is 21.7. The van der Waals surface area contributed by atoms with Crippen LogP contribution in [0.3, 0.4) is 0 Å². The van der Waals surface area contributed by atoms with Gasteiger partial charge in [-0.2, -0.15) is 0 Å². The number of carbonyl (C=O) groups excluding carboxylic acids is 1. The van der Waals surface area contributed by atoms with Gasteiger partial charge in [-0.3, -0.25) is 4.79 Å². The molecule has 0 spiro atoms. The van der Waals surface area contributed by atoms with Crippen LogP contribution in [0.2, 0.25) is 0 Å². The van der Waals surface area contributed by atoms with Crippen LogP contribution in [0.1, 0.15) is 18.4 Å². The topological polar surface area (TPSA) is 98.1 Å². The summed E-state index contributed by atoms with van der Waals surface area (Å²) in [6.45, 7) is 1.91. The highest BCUT2D eigenvalue weighted by Crippen LogP contribution is 2.19. The van der Waals surface area contributed by atoms with Gasteiger partial charge in [0.1, 0.15) is 0 Å². The van der Waals surface area contributed by atoms with E-state index in [9.17, 15) is 4.79 Å². The molecule has 1 aromatic rings. The summed E-state index contributed by atoms with van der Waals surface area (Å²) in [6, 6.07) is 0. The number of piperidine rings is 1. The van der Waals surface area contributed by atoms with Crippen molar-refractivity contribution in [2.75, 3.05) is 18.0 Å². The van der Waals surface area contributed by atoms with Crippen molar-refractivity contribution in [1.29, 1.82) is 0 Å². The Balaban J connectivity index is 2.08. The van der Waals surface area contributed by atoms with Gasteiger partial charge in [0, 0.05) is 37.6 Å². The van der Waals surface area contributed by atoms with Gasteiger partial charge in [-0.15, -0.1) is 0 Å². The lowest BCUT2D eigenvalue weighted by Crippen LogP contribution is -2.41. The van der Waals surface area contributed by atoms with Crippen molar-refractivity contribution in [2.24, 2.45) is 17.4 Å². The first-order chi connectivity index (χ1) is 8.20. The molecule has 92 valence electrons. The van der Waals surface area contributed by atoms with Gasteiger partial charge < -0.3 is 16.4 Å². The number of aromatic nitrogens is 2. The Morgan fingerprint density at radius 3 is 2.76 bits per heavy atom. The SMILES string of the molecule is NCc1cnc(N2CCCC(C(N)=O)C2)nc1. The van der Waals surface area contributed by atoms with E-state index >= 15 is 0 Å². The molecule has 2 heterocycles. The van der Waals surface area contributed by atoms with Gasteiger partial charge in [0.25, 0.3) is 0 Å². The minimum Gasteiger partial charge on any atom is -0.369 e. The molecule has 0 saturated carbocycles. The molecule has 1 aromatic heterocycles. The van der Waals surface area contributed by atoms with Gasteiger partial charge in [-0.1, -0.05) is 0 Å². The normalized spacial score (nSPS) is 20.3. The predicted octanol–water partition coefficient (Wildman–Crippen LogP) is -0.363. The molecular weight excluding hydrogens is 218 g/mol. The summed E-state index contributed by atoms with van der Waals surface area (Å²) in [5, 5.41) is 0. The maximum absolute atomic E-state index is 11.2. The zero-order valence-corrected chi connectivity index (χ0v) is 9.67. The molecule has 0 bridgehead atoms. The van der Waals surface area contributed by atoms with Gasteiger partial charge >= 0.3 is 0 Å². The van der Waals surface area contributed by atoms with E-state index in [0.29, 0.717) is 19.0 Å². The van der Waals surface area contributed by atoms with Gasteiger partial charge in [0.05, 0.1) is 5.92 Å². The van der Waals surface area contributed by atoms with E-state index in [1.54, 1.807) is 12.4 Å². The molecule has 6 heteroatoms. The second kappa shape index (κ2) is 5.09. The molecule has 1 aliphatic heterocycles. The maximum atomic E-state index is 11.2. The molecule has 6 nitrogen and oxygen atoms in total. The fourth-order valence-corrected chi connectivity index (χ4v) is 2.01. The number of anilines is 1. The highest BCUT2D eigenvalue weighted by atomic mass is 16.1. The van der Waals surface area contributed by atoms with E-state index < -0.39 is 0 Å². The Labute approximate surface area is 100 Å². The van der Waals surface area contributed by atoms with E-state index in [2.05, 4.69) is 9.97 Å². The molecule has 1 saturated heterocycles. The second-order valence-corrected chi connectivity index (χ2v) is 4.28. The quantitative estimate of drug-likeness (QED) is 0.745. The average molecular weight is 235 g/mol. The minimum absolute atomic E-state index is 0.0958. The van der Waals surface area contributed by atoms with E-state index in [0.717, 1.165) is 24.9 Å². The van der Waals surface area contributed by atoms with E-state index in [-0.39, 0.29) is 11.8 Å². The number of hydrogen-bond acceptors (Lipinski definition) is 5. The summed E-state index contributed by atoms with van der Waals surface area (Å²) in [5.41, 5.74) is 11.7. The van der Waals surface area contributed by atoms with Crippen molar-refractivity contribution in [1.82, 2.24) is 9.97 Å².